The Kier molecular flexibility index (Phi) is 8.73. The normalized spacial score (nSPS) is 12.6. The molecule has 27 heavy (non-hydrogen) atoms. The van der Waals surface area contributed by atoms with E-state index in [1.807, 2.05) is 26.0 Å². The number of hydrogen-bond donors (Lipinski definition) is 1. The van der Waals surface area contributed by atoms with Gasteiger partial charge in [-0.1, -0.05) is 20.3 Å². The molecule has 2 aromatic rings. The van der Waals surface area contributed by atoms with Crippen molar-refractivity contribution < 1.29 is 19.2 Å². The number of furan rings is 1. The highest BCUT2D eigenvalue weighted by Gasteiger charge is 2.16. The topological polar surface area (TPSA) is 48.2 Å². The Hall–Kier alpha value is -1.94. The molecule has 1 heterocycles. The van der Waals surface area contributed by atoms with Gasteiger partial charge >= 0.3 is 0 Å². The number of nitrogens with two attached hydrogens (primary N) is 1. The highest BCUT2D eigenvalue weighted by atomic mass is 16.5. The van der Waals surface area contributed by atoms with Gasteiger partial charge in [-0.15, -0.1) is 0 Å². The molecule has 2 rings (SSSR count). The first kappa shape index (κ1) is 21.4. The zero-order valence-corrected chi connectivity index (χ0v) is 17.5. The maximum atomic E-state index is 5.79. The molecule has 0 unspecified atom stereocenters. The molecule has 1 aromatic carbocycles. The molecule has 150 valence electrons. The van der Waals surface area contributed by atoms with Gasteiger partial charge < -0.3 is 19.2 Å². The summed E-state index contributed by atoms with van der Waals surface area (Å²) in [5.74, 6) is 3.98. The van der Waals surface area contributed by atoms with Crippen LogP contribution in [-0.2, 0) is 6.54 Å². The van der Waals surface area contributed by atoms with Gasteiger partial charge in [-0.3, -0.25) is 0 Å². The minimum Gasteiger partial charge on any atom is -0.493 e. The Labute approximate surface area is 164 Å². The molecule has 0 radical (unpaired) electrons. The second-order valence-electron chi connectivity index (χ2n) is 7.91. The molecule has 2 N–H and O–H groups in total. The zero-order chi connectivity index (χ0) is 19.6. The highest BCUT2D eigenvalue weighted by molar-refractivity contribution is 5.42. The van der Waals surface area contributed by atoms with Crippen LogP contribution in [0.1, 0.15) is 64.2 Å². The summed E-state index contributed by atoms with van der Waals surface area (Å²) in [5.41, 5.74) is 1.25. The van der Waals surface area contributed by atoms with Crippen LogP contribution in [0.15, 0.2) is 41.0 Å². The van der Waals surface area contributed by atoms with E-state index in [0.29, 0.717) is 5.92 Å². The third-order valence-electron chi connectivity index (χ3n) is 4.73. The third-order valence-corrected chi connectivity index (χ3v) is 4.73. The quantitative estimate of drug-likeness (QED) is 0.546. The van der Waals surface area contributed by atoms with Crippen molar-refractivity contribution >= 4 is 0 Å². The minimum atomic E-state index is 0.140. The van der Waals surface area contributed by atoms with Crippen LogP contribution in [0, 0.1) is 5.92 Å². The van der Waals surface area contributed by atoms with Crippen molar-refractivity contribution in [1.29, 1.82) is 0 Å². The molecule has 4 nitrogen and oxygen atoms in total. The molecule has 0 saturated heterocycles. The fourth-order valence-corrected chi connectivity index (χ4v) is 3.26. The SMILES string of the molecule is COc1cc(C[NH2+]CC[C@H](CCC(C)C)c2ccco2)ccc1OC(C)C. The van der Waals surface area contributed by atoms with Crippen LogP contribution in [0.25, 0.3) is 0 Å². The fourth-order valence-electron chi connectivity index (χ4n) is 3.26. The van der Waals surface area contributed by atoms with Crippen molar-refractivity contribution in [3.05, 3.63) is 47.9 Å². The predicted octanol–water partition coefficient (Wildman–Crippen LogP) is 4.75. The Balaban J connectivity index is 1.85. The third kappa shape index (κ3) is 7.30. The van der Waals surface area contributed by atoms with Gasteiger partial charge in [0.2, 0.25) is 0 Å². The number of rotatable bonds is 12. The number of methoxy groups -OCH3 is 1. The van der Waals surface area contributed by atoms with E-state index in [0.717, 1.165) is 42.7 Å². The van der Waals surface area contributed by atoms with Gasteiger partial charge in [0.15, 0.2) is 11.5 Å². The molecule has 0 saturated carbocycles. The molecule has 0 aliphatic carbocycles. The number of benzene rings is 1. The molecular formula is C23H36NO3+. The lowest BCUT2D eigenvalue weighted by atomic mass is 9.93. The molecule has 0 aliphatic rings. The van der Waals surface area contributed by atoms with Crippen molar-refractivity contribution in [3.63, 3.8) is 0 Å². The summed E-state index contributed by atoms with van der Waals surface area (Å²) in [4.78, 5) is 0. The molecular weight excluding hydrogens is 338 g/mol. The van der Waals surface area contributed by atoms with E-state index in [9.17, 15) is 0 Å². The van der Waals surface area contributed by atoms with E-state index < -0.39 is 0 Å². The second-order valence-corrected chi connectivity index (χ2v) is 7.91. The summed E-state index contributed by atoms with van der Waals surface area (Å²) in [7, 11) is 1.69. The van der Waals surface area contributed by atoms with Gasteiger partial charge in [-0.25, -0.2) is 0 Å². The van der Waals surface area contributed by atoms with E-state index >= 15 is 0 Å². The number of quaternary nitrogens is 1. The Morgan fingerprint density at radius 2 is 1.81 bits per heavy atom. The van der Waals surface area contributed by atoms with Crippen molar-refractivity contribution in [1.82, 2.24) is 0 Å². The molecule has 4 heteroatoms. The Morgan fingerprint density at radius 3 is 2.44 bits per heavy atom. The van der Waals surface area contributed by atoms with Crippen LogP contribution in [0.3, 0.4) is 0 Å². The van der Waals surface area contributed by atoms with E-state index in [1.165, 1.54) is 18.4 Å². The number of ether oxygens (including phenoxy) is 2. The predicted molar refractivity (Wildman–Crippen MR) is 109 cm³/mol. The van der Waals surface area contributed by atoms with Crippen LogP contribution in [0.2, 0.25) is 0 Å². The summed E-state index contributed by atoms with van der Waals surface area (Å²) in [6.45, 7) is 10.6. The van der Waals surface area contributed by atoms with Gasteiger partial charge in [0.05, 0.1) is 26.0 Å². The first-order valence-corrected chi connectivity index (χ1v) is 10.2. The van der Waals surface area contributed by atoms with Crippen molar-refractivity contribution in [2.75, 3.05) is 13.7 Å². The molecule has 0 spiro atoms. The van der Waals surface area contributed by atoms with Crippen molar-refractivity contribution in [3.8, 4) is 11.5 Å². The van der Waals surface area contributed by atoms with Crippen molar-refractivity contribution in [2.45, 2.75) is 65.5 Å². The first-order valence-electron chi connectivity index (χ1n) is 10.2. The summed E-state index contributed by atoms with van der Waals surface area (Å²) in [5, 5.41) is 2.36. The minimum absolute atomic E-state index is 0.140. The average molecular weight is 375 g/mol. The van der Waals surface area contributed by atoms with Crippen LogP contribution in [0.5, 0.6) is 11.5 Å². The summed E-state index contributed by atoms with van der Waals surface area (Å²) in [6.07, 6.45) is 5.48. The van der Waals surface area contributed by atoms with Gasteiger partial charge in [-0.05, 0) is 56.5 Å². The first-order chi connectivity index (χ1) is 13.0. The summed E-state index contributed by atoms with van der Waals surface area (Å²) in [6, 6.07) is 10.3. The summed E-state index contributed by atoms with van der Waals surface area (Å²) >= 11 is 0. The molecule has 0 bridgehead atoms. The monoisotopic (exact) mass is 374 g/mol. The molecule has 0 amide bonds. The smallest absolute Gasteiger partial charge is 0.161 e. The number of hydrogen-bond acceptors (Lipinski definition) is 3. The van der Waals surface area contributed by atoms with Crippen LogP contribution < -0.4 is 14.8 Å². The summed E-state index contributed by atoms with van der Waals surface area (Å²) < 4.78 is 16.9. The van der Waals surface area contributed by atoms with Crippen LogP contribution in [0.4, 0.5) is 0 Å². The van der Waals surface area contributed by atoms with Gasteiger partial charge in [0.25, 0.3) is 0 Å². The molecule has 1 atom stereocenters. The van der Waals surface area contributed by atoms with E-state index in [2.05, 4.69) is 37.4 Å². The lowest BCUT2D eigenvalue weighted by molar-refractivity contribution is -0.671. The standard InChI is InChI=1S/C23H35NO3/c1-17(2)8-10-20(21-7-6-14-26-21)12-13-24-16-19-9-11-22(27-18(3)4)23(15-19)25-5/h6-7,9,11,14-15,17-18,20,24H,8,10,12-13,16H2,1-5H3/p+1/t20-/m0/s1. The van der Waals surface area contributed by atoms with Crippen LogP contribution >= 0.6 is 0 Å². The second kappa shape index (κ2) is 11.0. The fraction of sp³-hybridized carbons (Fsp3) is 0.565. The molecule has 1 aromatic heterocycles. The van der Waals surface area contributed by atoms with Crippen molar-refractivity contribution in [2.24, 2.45) is 5.92 Å². The maximum Gasteiger partial charge on any atom is 0.161 e. The molecule has 0 fully saturated rings. The van der Waals surface area contributed by atoms with Crippen LogP contribution in [-0.4, -0.2) is 19.8 Å². The lowest BCUT2D eigenvalue weighted by Crippen LogP contribution is -2.82. The Bertz CT molecular complexity index is 650. The molecule has 0 aliphatic heterocycles. The average Bonchev–Trinajstić information content (AvgIpc) is 3.16. The lowest BCUT2D eigenvalue weighted by Gasteiger charge is -2.16. The van der Waals surface area contributed by atoms with E-state index in [4.69, 9.17) is 13.9 Å². The van der Waals surface area contributed by atoms with Gasteiger partial charge in [-0.2, -0.15) is 0 Å². The Morgan fingerprint density at radius 1 is 1.00 bits per heavy atom. The largest absolute Gasteiger partial charge is 0.493 e. The maximum absolute atomic E-state index is 5.79. The zero-order valence-electron chi connectivity index (χ0n) is 17.5. The van der Waals surface area contributed by atoms with E-state index in [1.54, 1.807) is 13.4 Å². The van der Waals surface area contributed by atoms with Gasteiger partial charge in [0.1, 0.15) is 12.3 Å². The van der Waals surface area contributed by atoms with E-state index in [-0.39, 0.29) is 6.10 Å². The van der Waals surface area contributed by atoms with Gasteiger partial charge in [0, 0.05) is 17.9 Å². The highest BCUT2D eigenvalue weighted by Crippen LogP contribution is 2.29.